The van der Waals surface area contributed by atoms with Crippen molar-refractivity contribution in [3.8, 4) is 0 Å². The molecule has 1 N–H and O–H groups in total. The van der Waals surface area contributed by atoms with Gasteiger partial charge in [0.2, 0.25) is 0 Å². The maximum Gasteiger partial charge on any atom is 0.0963 e. The zero-order valence-electron chi connectivity index (χ0n) is 13.0. The normalized spacial score (nSPS) is 22.2. The van der Waals surface area contributed by atoms with Gasteiger partial charge in [0.25, 0.3) is 0 Å². The van der Waals surface area contributed by atoms with Crippen LogP contribution in [0.25, 0.3) is 0 Å². The lowest BCUT2D eigenvalue weighted by Gasteiger charge is -2.33. The van der Waals surface area contributed by atoms with Gasteiger partial charge in [-0.15, -0.1) is 0 Å². The summed E-state index contributed by atoms with van der Waals surface area (Å²) >= 11 is 0. The Labute approximate surface area is 127 Å². The lowest BCUT2D eigenvalue weighted by atomic mass is 9.94. The Kier molecular flexibility index (Phi) is 4.09. The summed E-state index contributed by atoms with van der Waals surface area (Å²) in [6.45, 7) is 8.28. The van der Waals surface area contributed by atoms with Crippen molar-refractivity contribution in [2.24, 2.45) is 0 Å². The Hall–Kier alpha value is -1.64. The van der Waals surface area contributed by atoms with Crippen molar-refractivity contribution in [3.05, 3.63) is 70.3 Å². The smallest absolute Gasteiger partial charge is 0.0963 e. The van der Waals surface area contributed by atoms with Gasteiger partial charge in [-0.2, -0.15) is 0 Å². The summed E-state index contributed by atoms with van der Waals surface area (Å²) in [4.78, 5) is 0. The van der Waals surface area contributed by atoms with E-state index in [1.807, 2.05) is 6.07 Å². The molecule has 0 aromatic heterocycles. The second-order valence-electron chi connectivity index (χ2n) is 5.99. The molecular formula is C19H23NO. The van der Waals surface area contributed by atoms with Gasteiger partial charge >= 0.3 is 0 Å². The SMILES string of the molecule is Cc1cc(C)c(C2CNCC(c3ccccc3)O2)c(C)c1. The summed E-state index contributed by atoms with van der Waals surface area (Å²) in [6.07, 6.45) is 0.259. The van der Waals surface area contributed by atoms with Gasteiger partial charge in [0, 0.05) is 13.1 Å². The Morgan fingerprint density at radius 3 is 2.19 bits per heavy atom. The van der Waals surface area contributed by atoms with Crippen LogP contribution in [0.15, 0.2) is 42.5 Å². The van der Waals surface area contributed by atoms with Gasteiger partial charge in [0.05, 0.1) is 12.2 Å². The molecule has 2 nitrogen and oxygen atoms in total. The van der Waals surface area contributed by atoms with Crippen molar-refractivity contribution in [2.45, 2.75) is 33.0 Å². The molecule has 1 aliphatic heterocycles. The van der Waals surface area contributed by atoms with E-state index in [4.69, 9.17) is 4.74 Å². The predicted molar refractivity (Wildman–Crippen MR) is 86.5 cm³/mol. The topological polar surface area (TPSA) is 21.3 Å². The quantitative estimate of drug-likeness (QED) is 0.898. The van der Waals surface area contributed by atoms with Crippen molar-refractivity contribution < 1.29 is 4.74 Å². The Morgan fingerprint density at radius 1 is 0.905 bits per heavy atom. The van der Waals surface area contributed by atoms with Crippen LogP contribution in [0, 0.1) is 20.8 Å². The number of rotatable bonds is 2. The monoisotopic (exact) mass is 281 g/mol. The zero-order valence-corrected chi connectivity index (χ0v) is 13.0. The van der Waals surface area contributed by atoms with Crippen LogP contribution in [0.4, 0.5) is 0 Å². The summed E-state index contributed by atoms with van der Waals surface area (Å²) in [5.74, 6) is 0. The van der Waals surface area contributed by atoms with Gasteiger partial charge in [0.1, 0.15) is 0 Å². The van der Waals surface area contributed by atoms with Crippen molar-refractivity contribution in [3.63, 3.8) is 0 Å². The third kappa shape index (κ3) is 3.02. The van der Waals surface area contributed by atoms with Crippen molar-refractivity contribution in [1.29, 1.82) is 0 Å². The molecule has 1 fully saturated rings. The van der Waals surface area contributed by atoms with Gasteiger partial charge in [-0.1, -0.05) is 48.0 Å². The van der Waals surface area contributed by atoms with E-state index in [0.717, 1.165) is 13.1 Å². The van der Waals surface area contributed by atoms with E-state index in [-0.39, 0.29) is 12.2 Å². The molecule has 2 unspecified atom stereocenters. The van der Waals surface area contributed by atoms with Crippen LogP contribution < -0.4 is 5.32 Å². The van der Waals surface area contributed by atoms with Crippen molar-refractivity contribution in [1.82, 2.24) is 5.32 Å². The first-order valence-electron chi connectivity index (χ1n) is 7.64. The molecule has 0 spiro atoms. The molecule has 0 saturated carbocycles. The highest BCUT2D eigenvalue weighted by Gasteiger charge is 2.26. The van der Waals surface area contributed by atoms with Crippen molar-refractivity contribution in [2.75, 3.05) is 13.1 Å². The molecule has 3 rings (SSSR count). The summed E-state index contributed by atoms with van der Waals surface area (Å²) in [5.41, 5.74) is 6.56. The minimum Gasteiger partial charge on any atom is -0.363 e. The van der Waals surface area contributed by atoms with Gasteiger partial charge in [-0.05, 0) is 43.0 Å². The molecule has 2 aromatic carbocycles. The standard InChI is InChI=1S/C19H23NO/c1-13-9-14(2)19(15(3)10-13)18-12-20-11-17(21-18)16-7-5-4-6-8-16/h4-10,17-18,20H,11-12H2,1-3H3. The molecule has 2 atom stereocenters. The summed E-state index contributed by atoms with van der Waals surface area (Å²) in [5, 5.41) is 3.53. The number of benzene rings is 2. The first-order chi connectivity index (χ1) is 10.1. The number of nitrogens with one attached hydrogen (secondary N) is 1. The van der Waals surface area contributed by atoms with Crippen LogP contribution in [0.1, 0.15) is 40.0 Å². The third-order valence-electron chi connectivity index (χ3n) is 4.22. The Morgan fingerprint density at radius 2 is 1.52 bits per heavy atom. The molecule has 110 valence electrons. The lowest BCUT2D eigenvalue weighted by Crippen LogP contribution is -2.36. The van der Waals surface area contributed by atoms with Gasteiger partial charge in [-0.25, -0.2) is 0 Å². The van der Waals surface area contributed by atoms with Crippen molar-refractivity contribution >= 4 is 0 Å². The van der Waals surface area contributed by atoms with Crippen LogP contribution in [0.3, 0.4) is 0 Å². The second kappa shape index (κ2) is 6.00. The van der Waals surface area contributed by atoms with Crippen LogP contribution in [0.5, 0.6) is 0 Å². The highest BCUT2D eigenvalue weighted by Crippen LogP contribution is 2.33. The van der Waals surface area contributed by atoms with Crippen LogP contribution in [-0.2, 0) is 4.74 Å². The van der Waals surface area contributed by atoms with Crippen LogP contribution in [0.2, 0.25) is 0 Å². The highest BCUT2D eigenvalue weighted by molar-refractivity contribution is 5.39. The predicted octanol–water partition coefficient (Wildman–Crippen LogP) is 4.01. The highest BCUT2D eigenvalue weighted by atomic mass is 16.5. The van der Waals surface area contributed by atoms with E-state index in [1.54, 1.807) is 0 Å². The number of morpholine rings is 1. The average Bonchev–Trinajstić information content (AvgIpc) is 2.47. The molecule has 1 heterocycles. The minimum absolute atomic E-state index is 0.129. The fraction of sp³-hybridized carbons (Fsp3) is 0.368. The number of ether oxygens (including phenoxy) is 1. The minimum atomic E-state index is 0.129. The summed E-state index contributed by atoms with van der Waals surface area (Å²) in [7, 11) is 0. The molecule has 0 aliphatic carbocycles. The first kappa shape index (κ1) is 14.3. The maximum atomic E-state index is 6.40. The molecule has 1 aliphatic rings. The number of hydrogen-bond acceptors (Lipinski definition) is 2. The van der Waals surface area contributed by atoms with Gasteiger partial charge in [0.15, 0.2) is 0 Å². The maximum absolute atomic E-state index is 6.40. The molecule has 1 saturated heterocycles. The number of hydrogen-bond donors (Lipinski definition) is 1. The largest absolute Gasteiger partial charge is 0.363 e. The molecule has 2 aromatic rings. The Bertz CT molecular complexity index is 598. The molecule has 0 amide bonds. The fourth-order valence-electron chi connectivity index (χ4n) is 3.37. The van der Waals surface area contributed by atoms with E-state index in [2.05, 4.69) is 62.5 Å². The zero-order chi connectivity index (χ0) is 14.8. The van der Waals surface area contributed by atoms with Gasteiger partial charge < -0.3 is 10.1 Å². The van der Waals surface area contributed by atoms with E-state index >= 15 is 0 Å². The Balaban J connectivity index is 1.87. The lowest BCUT2D eigenvalue weighted by molar-refractivity contribution is -0.0411. The average molecular weight is 281 g/mol. The van der Waals surface area contributed by atoms with E-state index in [0.29, 0.717) is 0 Å². The fourth-order valence-corrected chi connectivity index (χ4v) is 3.37. The van der Waals surface area contributed by atoms with E-state index in [9.17, 15) is 0 Å². The molecule has 0 radical (unpaired) electrons. The summed E-state index contributed by atoms with van der Waals surface area (Å²) in [6, 6.07) is 15.0. The van der Waals surface area contributed by atoms with Gasteiger partial charge in [-0.3, -0.25) is 0 Å². The van der Waals surface area contributed by atoms with E-state index in [1.165, 1.54) is 27.8 Å². The van der Waals surface area contributed by atoms with E-state index < -0.39 is 0 Å². The number of aryl methyl sites for hydroxylation is 3. The molecule has 2 heteroatoms. The second-order valence-corrected chi connectivity index (χ2v) is 5.99. The van der Waals surface area contributed by atoms with Crippen LogP contribution >= 0.6 is 0 Å². The molecular weight excluding hydrogens is 258 g/mol. The van der Waals surface area contributed by atoms with Crippen LogP contribution in [-0.4, -0.2) is 13.1 Å². The third-order valence-corrected chi connectivity index (χ3v) is 4.22. The molecule has 0 bridgehead atoms. The summed E-state index contributed by atoms with van der Waals surface area (Å²) < 4.78 is 6.40. The molecule has 21 heavy (non-hydrogen) atoms. The first-order valence-corrected chi connectivity index (χ1v) is 7.64.